The third-order valence-corrected chi connectivity index (χ3v) is 2.60. The maximum Gasteiger partial charge on any atom is 0.326 e. The van der Waals surface area contributed by atoms with Crippen LogP contribution in [0.15, 0.2) is 0 Å². The van der Waals surface area contributed by atoms with Gasteiger partial charge in [0.1, 0.15) is 6.04 Å². The van der Waals surface area contributed by atoms with Crippen molar-refractivity contribution >= 4 is 29.6 Å². The zero-order valence-corrected chi connectivity index (χ0v) is 10.2. The van der Waals surface area contributed by atoms with Crippen LogP contribution >= 0.6 is 11.8 Å². The summed E-state index contributed by atoms with van der Waals surface area (Å²) in [5, 5.41) is 19.5. The summed E-state index contributed by atoms with van der Waals surface area (Å²) < 4.78 is 0. The van der Waals surface area contributed by atoms with E-state index in [9.17, 15) is 14.4 Å². The molecule has 0 aliphatic rings. The summed E-state index contributed by atoms with van der Waals surface area (Å²) in [7, 11) is 0. The van der Waals surface area contributed by atoms with Crippen molar-refractivity contribution in [2.24, 2.45) is 5.73 Å². The van der Waals surface area contributed by atoms with Crippen molar-refractivity contribution in [2.75, 3.05) is 12.0 Å². The lowest BCUT2D eigenvalue weighted by Gasteiger charge is -2.16. The molecule has 0 aliphatic heterocycles. The summed E-state index contributed by atoms with van der Waals surface area (Å²) in [5.74, 6) is -2.55. The van der Waals surface area contributed by atoms with E-state index >= 15 is 0 Å². The van der Waals surface area contributed by atoms with Crippen LogP contribution in [0.3, 0.4) is 0 Å². The van der Waals surface area contributed by atoms with Crippen LogP contribution in [0.2, 0.25) is 0 Å². The van der Waals surface area contributed by atoms with E-state index in [0.717, 1.165) is 0 Å². The molecule has 0 aromatic heterocycles. The highest BCUT2D eigenvalue weighted by atomic mass is 32.2. The number of carbonyl (C=O) groups excluding carboxylic acids is 1. The summed E-state index contributed by atoms with van der Waals surface area (Å²) in [5.41, 5.74) is 5.30. The molecule has 0 saturated heterocycles. The van der Waals surface area contributed by atoms with E-state index in [1.54, 1.807) is 0 Å². The fraction of sp³-hybridized carbons (Fsp3) is 0.667. The van der Waals surface area contributed by atoms with Crippen molar-refractivity contribution in [3.05, 3.63) is 0 Å². The number of hydrogen-bond acceptors (Lipinski definition) is 5. The lowest BCUT2D eigenvalue weighted by molar-refractivity contribution is -0.142. The van der Waals surface area contributed by atoms with Crippen molar-refractivity contribution < 1.29 is 24.6 Å². The van der Waals surface area contributed by atoms with Gasteiger partial charge in [-0.25, -0.2) is 4.79 Å². The van der Waals surface area contributed by atoms with Gasteiger partial charge in [0.2, 0.25) is 5.91 Å². The van der Waals surface area contributed by atoms with Crippen LogP contribution in [-0.4, -0.2) is 52.2 Å². The Labute approximate surface area is 103 Å². The van der Waals surface area contributed by atoms with E-state index in [-0.39, 0.29) is 6.42 Å². The third-order valence-electron chi connectivity index (χ3n) is 1.96. The van der Waals surface area contributed by atoms with Gasteiger partial charge in [0, 0.05) is 0 Å². The van der Waals surface area contributed by atoms with Crippen molar-refractivity contribution in [1.29, 1.82) is 0 Å². The van der Waals surface area contributed by atoms with Crippen LogP contribution in [-0.2, 0) is 14.4 Å². The van der Waals surface area contributed by atoms with Crippen LogP contribution in [0.4, 0.5) is 0 Å². The Morgan fingerprint density at radius 1 is 1.35 bits per heavy atom. The van der Waals surface area contributed by atoms with E-state index in [1.165, 1.54) is 11.8 Å². The smallest absolute Gasteiger partial charge is 0.326 e. The van der Waals surface area contributed by atoms with Gasteiger partial charge in [-0.2, -0.15) is 11.8 Å². The first-order valence-corrected chi connectivity index (χ1v) is 6.27. The normalized spacial score (nSPS) is 13.8. The van der Waals surface area contributed by atoms with Crippen molar-refractivity contribution in [3.63, 3.8) is 0 Å². The lowest BCUT2D eigenvalue weighted by Crippen LogP contribution is -2.49. The molecular formula is C9H16N2O5S. The average Bonchev–Trinajstić information content (AvgIpc) is 2.22. The Kier molecular flexibility index (Phi) is 7.31. The molecule has 0 aliphatic carbocycles. The number of amides is 1. The summed E-state index contributed by atoms with van der Waals surface area (Å²) >= 11 is 1.45. The van der Waals surface area contributed by atoms with Crippen molar-refractivity contribution in [3.8, 4) is 0 Å². The minimum absolute atomic E-state index is 0.266. The van der Waals surface area contributed by atoms with Crippen molar-refractivity contribution in [2.45, 2.75) is 24.9 Å². The van der Waals surface area contributed by atoms with E-state index in [1.807, 2.05) is 6.26 Å². The third kappa shape index (κ3) is 6.80. The molecule has 0 rings (SSSR count). The Hall–Kier alpha value is -1.28. The van der Waals surface area contributed by atoms with Crippen LogP contribution < -0.4 is 11.1 Å². The molecule has 8 heteroatoms. The molecule has 7 nitrogen and oxygen atoms in total. The summed E-state index contributed by atoms with van der Waals surface area (Å²) in [6, 6.07) is -2.27. The first-order valence-electron chi connectivity index (χ1n) is 4.88. The molecular weight excluding hydrogens is 248 g/mol. The second-order valence-corrected chi connectivity index (χ2v) is 4.37. The largest absolute Gasteiger partial charge is 0.481 e. The van der Waals surface area contributed by atoms with Gasteiger partial charge >= 0.3 is 11.9 Å². The number of nitrogens with two attached hydrogens (primary N) is 1. The number of nitrogens with one attached hydrogen (secondary N) is 1. The van der Waals surface area contributed by atoms with Crippen LogP contribution in [0.5, 0.6) is 0 Å². The van der Waals surface area contributed by atoms with E-state index in [2.05, 4.69) is 5.32 Å². The second kappa shape index (κ2) is 7.91. The zero-order chi connectivity index (χ0) is 13.4. The van der Waals surface area contributed by atoms with E-state index < -0.39 is 36.4 Å². The molecule has 0 spiro atoms. The first kappa shape index (κ1) is 15.7. The molecule has 0 radical (unpaired) electrons. The molecule has 98 valence electrons. The lowest BCUT2D eigenvalue weighted by atomic mass is 10.1. The number of carboxylic acids is 2. The predicted molar refractivity (Wildman–Crippen MR) is 62.8 cm³/mol. The maximum absolute atomic E-state index is 11.4. The minimum atomic E-state index is -1.23. The molecule has 5 N–H and O–H groups in total. The quantitative estimate of drug-likeness (QED) is 0.447. The molecule has 0 heterocycles. The van der Waals surface area contributed by atoms with Gasteiger partial charge in [-0.1, -0.05) is 0 Å². The fourth-order valence-electron chi connectivity index (χ4n) is 1.05. The molecule has 0 fully saturated rings. The minimum Gasteiger partial charge on any atom is -0.481 e. The fourth-order valence-corrected chi connectivity index (χ4v) is 1.52. The molecule has 2 atom stereocenters. The highest BCUT2D eigenvalue weighted by molar-refractivity contribution is 7.98. The number of carbonyl (C=O) groups is 3. The Bertz CT molecular complexity index is 297. The Morgan fingerprint density at radius 3 is 2.35 bits per heavy atom. The monoisotopic (exact) mass is 264 g/mol. The molecule has 0 saturated carbocycles. The van der Waals surface area contributed by atoms with Gasteiger partial charge in [0.25, 0.3) is 0 Å². The highest BCUT2D eigenvalue weighted by Crippen LogP contribution is 2.01. The number of carboxylic acid groups (broad SMARTS) is 2. The SMILES string of the molecule is CSCC[C@H](NC(=O)[C@@H](N)CC(=O)O)C(=O)O. The van der Waals surface area contributed by atoms with Crippen molar-refractivity contribution in [1.82, 2.24) is 5.32 Å². The molecule has 0 aromatic carbocycles. The van der Waals surface area contributed by atoms with Crippen LogP contribution in [0, 0.1) is 0 Å². The van der Waals surface area contributed by atoms with E-state index in [4.69, 9.17) is 15.9 Å². The van der Waals surface area contributed by atoms with Crippen LogP contribution in [0.1, 0.15) is 12.8 Å². The van der Waals surface area contributed by atoms with Gasteiger partial charge in [0.05, 0.1) is 12.5 Å². The number of rotatable bonds is 8. The van der Waals surface area contributed by atoms with Gasteiger partial charge in [-0.15, -0.1) is 0 Å². The highest BCUT2D eigenvalue weighted by Gasteiger charge is 2.24. The summed E-state index contributed by atoms with van der Waals surface area (Å²) in [6.07, 6.45) is 1.56. The zero-order valence-electron chi connectivity index (χ0n) is 9.38. The second-order valence-electron chi connectivity index (χ2n) is 3.39. The standard InChI is InChI=1S/C9H16N2O5S/c1-17-3-2-6(9(15)16)11-8(14)5(10)4-7(12)13/h5-6H,2-4,10H2,1H3,(H,11,14)(H,12,13)(H,15,16)/t5-,6-/m0/s1. The van der Waals surface area contributed by atoms with E-state index in [0.29, 0.717) is 5.75 Å². The van der Waals surface area contributed by atoms with Gasteiger partial charge in [0.15, 0.2) is 0 Å². The maximum atomic E-state index is 11.4. The molecule has 0 unspecified atom stereocenters. The topological polar surface area (TPSA) is 130 Å². The molecule has 17 heavy (non-hydrogen) atoms. The molecule has 1 amide bonds. The first-order chi connectivity index (χ1) is 7.88. The molecule has 0 aromatic rings. The number of hydrogen-bond donors (Lipinski definition) is 4. The number of aliphatic carboxylic acids is 2. The predicted octanol–water partition coefficient (Wildman–Crippen LogP) is -0.889. The van der Waals surface area contributed by atoms with Gasteiger partial charge in [-0.3, -0.25) is 9.59 Å². The van der Waals surface area contributed by atoms with Crippen LogP contribution in [0.25, 0.3) is 0 Å². The number of thioether (sulfide) groups is 1. The summed E-state index contributed by atoms with van der Waals surface area (Å²) in [6.45, 7) is 0. The van der Waals surface area contributed by atoms with Gasteiger partial charge in [-0.05, 0) is 18.4 Å². The Morgan fingerprint density at radius 2 is 1.94 bits per heavy atom. The Balaban J connectivity index is 4.29. The summed E-state index contributed by atoms with van der Waals surface area (Å²) in [4.78, 5) is 32.5. The van der Waals surface area contributed by atoms with Gasteiger partial charge < -0.3 is 21.3 Å². The molecule has 0 bridgehead atoms. The average molecular weight is 264 g/mol.